The smallest absolute Gasteiger partial charge is 0.352 e. The van der Waals surface area contributed by atoms with Gasteiger partial charge in [0.2, 0.25) is 0 Å². The summed E-state index contributed by atoms with van der Waals surface area (Å²) in [6.07, 6.45) is 0. The number of hydrogen-bond donors (Lipinski definition) is 1. The number of rotatable bonds is 3. The molecule has 4 nitrogen and oxygen atoms in total. The third-order valence-corrected chi connectivity index (χ3v) is 3.70. The zero-order valence-electron chi connectivity index (χ0n) is 12.1. The van der Waals surface area contributed by atoms with Crippen molar-refractivity contribution in [2.24, 2.45) is 0 Å². The Morgan fingerprint density at radius 1 is 1.09 bits per heavy atom. The second-order valence-corrected chi connectivity index (χ2v) is 5.30. The Balaban J connectivity index is 2.20. The quantitative estimate of drug-likeness (QED) is 0.807. The molecule has 3 aromatic rings. The van der Waals surface area contributed by atoms with E-state index in [1.54, 1.807) is 30.3 Å². The Bertz CT molecular complexity index is 908. The van der Waals surface area contributed by atoms with Crippen molar-refractivity contribution in [3.63, 3.8) is 0 Å². The zero-order valence-corrected chi connectivity index (χ0v) is 12.1. The monoisotopic (exact) mass is 293 g/mol. The molecule has 22 heavy (non-hydrogen) atoms. The molecule has 0 unspecified atom stereocenters. The van der Waals surface area contributed by atoms with E-state index >= 15 is 0 Å². The molecule has 0 aliphatic rings. The lowest BCUT2D eigenvalue weighted by Crippen LogP contribution is -2.26. The number of aromatic carboxylic acids is 1. The number of carbonyl (C=O) groups is 1. The van der Waals surface area contributed by atoms with E-state index < -0.39 is 5.97 Å². The Kier molecular flexibility index (Phi) is 3.51. The minimum Gasteiger partial charge on any atom is -0.477 e. The average Bonchev–Trinajstić information content (AvgIpc) is 2.51. The van der Waals surface area contributed by atoms with Crippen molar-refractivity contribution in [1.29, 1.82) is 0 Å². The van der Waals surface area contributed by atoms with Crippen LogP contribution in [-0.4, -0.2) is 15.6 Å². The summed E-state index contributed by atoms with van der Waals surface area (Å²) in [7, 11) is 0. The second kappa shape index (κ2) is 5.48. The highest BCUT2D eigenvalue weighted by Crippen LogP contribution is 2.14. The molecular weight excluding hydrogens is 278 g/mol. The molecule has 0 radical (unpaired) electrons. The number of carboxylic acid groups (broad SMARTS) is 1. The van der Waals surface area contributed by atoms with Crippen LogP contribution in [0.5, 0.6) is 0 Å². The van der Waals surface area contributed by atoms with E-state index in [4.69, 9.17) is 0 Å². The molecule has 110 valence electrons. The number of benzene rings is 2. The summed E-state index contributed by atoms with van der Waals surface area (Å²) in [5, 5.41) is 10.6. The molecule has 2 aromatic carbocycles. The first kappa shape index (κ1) is 14.1. The van der Waals surface area contributed by atoms with Crippen LogP contribution in [0, 0.1) is 6.92 Å². The Morgan fingerprint density at radius 3 is 2.45 bits per heavy atom. The molecule has 0 aliphatic heterocycles. The van der Waals surface area contributed by atoms with Crippen molar-refractivity contribution in [2.75, 3.05) is 0 Å². The van der Waals surface area contributed by atoms with Gasteiger partial charge in [-0.15, -0.1) is 0 Å². The highest BCUT2D eigenvalue weighted by atomic mass is 16.4. The summed E-state index contributed by atoms with van der Waals surface area (Å²) in [6, 6.07) is 16.3. The zero-order chi connectivity index (χ0) is 15.7. The summed E-state index contributed by atoms with van der Waals surface area (Å²) in [6.45, 7) is 2.22. The van der Waals surface area contributed by atoms with Gasteiger partial charge in [-0.2, -0.15) is 0 Å². The molecule has 0 bridgehead atoms. The van der Waals surface area contributed by atoms with Crippen LogP contribution >= 0.6 is 0 Å². The second-order valence-electron chi connectivity index (χ2n) is 5.30. The maximum atomic E-state index is 12.6. The predicted molar refractivity (Wildman–Crippen MR) is 85.4 cm³/mol. The lowest BCUT2D eigenvalue weighted by atomic mass is 10.1. The summed E-state index contributed by atoms with van der Waals surface area (Å²) in [5.41, 5.74) is 1.74. The normalized spacial score (nSPS) is 10.8. The van der Waals surface area contributed by atoms with Gasteiger partial charge in [-0.3, -0.25) is 9.36 Å². The standard InChI is InChI=1S/C18H15NO3/c1-12-6-8-13(9-7-12)11-19-16(18(21)22)10-14-4-2-3-5-15(14)17(19)20/h2-10H,11H2,1H3,(H,21,22). The van der Waals surface area contributed by atoms with Gasteiger partial charge in [0.05, 0.1) is 6.54 Å². The minimum absolute atomic E-state index is 0.00396. The van der Waals surface area contributed by atoms with Crippen molar-refractivity contribution < 1.29 is 9.90 Å². The maximum Gasteiger partial charge on any atom is 0.352 e. The van der Waals surface area contributed by atoms with E-state index in [0.717, 1.165) is 11.1 Å². The Labute approximate surface area is 127 Å². The molecule has 1 N–H and O–H groups in total. The molecule has 0 fully saturated rings. The van der Waals surface area contributed by atoms with E-state index in [9.17, 15) is 14.7 Å². The number of pyridine rings is 1. The average molecular weight is 293 g/mol. The van der Waals surface area contributed by atoms with Gasteiger partial charge in [0.1, 0.15) is 5.69 Å². The molecular formula is C18H15NO3. The third-order valence-electron chi connectivity index (χ3n) is 3.70. The van der Waals surface area contributed by atoms with Gasteiger partial charge in [0.25, 0.3) is 5.56 Å². The van der Waals surface area contributed by atoms with Crippen LogP contribution < -0.4 is 5.56 Å². The van der Waals surface area contributed by atoms with E-state index in [1.165, 1.54) is 4.57 Å². The molecule has 0 amide bonds. The van der Waals surface area contributed by atoms with Gasteiger partial charge in [-0.25, -0.2) is 4.79 Å². The van der Waals surface area contributed by atoms with Crippen LogP contribution in [0.15, 0.2) is 59.4 Å². The van der Waals surface area contributed by atoms with Crippen molar-refractivity contribution in [3.8, 4) is 0 Å². The largest absolute Gasteiger partial charge is 0.477 e. The fourth-order valence-corrected chi connectivity index (χ4v) is 2.51. The van der Waals surface area contributed by atoms with Crippen molar-refractivity contribution in [1.82, 2.24) is 4.57 Å². The predicted octanol–water partition coefficient (Wildman–Crippen LogP) is 3.06. The number of nitrogens with zero attached hydrogens (tertiary/aromatic N) is 1. The van der Waals surface area contributed by atoms with Gasteiger partial charge in [-0.05, 0) is 30.0 Å². The highest BCUT2D eigenvalue weighted by Gasteiger charge is 2.14. The number of carboxylic acids is 1. The van der Waals surface area contributed by atoms with Crippen LogP contribution in [0.25, 0.3) is 10.8 Å². The number of fused-ring (bicyclic) bond motifs is 1. The van der Waals surface area contributed by atoms with Crippen LogP contribution in [0.1, 0.15) is 21.6 Å². The van der Waals surface area contributed by atoms with Gasteiger partial charge in [0, 0.05) is 5.39 Å². The summed E-state index contributed by atoms with van der Waals surface area (Å²) >= 11 is 0. The van der Waals surface area contributed by atoms with E-state index in [1.807, 2.05) is 31.2 Å². The number of aromatic nitrogens is 1. The molecule has 0 atom stereocenters. The molecule has 0 saturated heterocycles. The molecule has 0 saturated carbocycles. The van der Waals surface area contributed by atoms with Gasteiger partial charge in [0.15, 0.2) is 0 Å². The molecule has 4 heteroatoms. The van der Waals surface area contributed by atoms with Gasteiger partial charge in [-0.1, -0.05) is 48.0 Å². The van der Waals surface area contributed by atoms with Crippen LogP contribution in [0.4, 0.5) is 0 Å². The first-order valence-corrected chi connectivity index (χ1v) is 6.97. The Morgan fingerprint density at radius 2 is 1.77 bits per heavy atom. The fourth-order valence-electron chi connectivity index (χ4n) is 2.51. The summed E-state index contributed by atoms with van der Waals surface area (Å²) in [5.74, 6) is -1.10. The highest BCUT2D eigenvalue weighted by molar-refractivity contribution is 5.92. The van der Waals surface area contributed by atoms with Crippen molar-refractivity contribution in [3.05, 3.63) is 81.8 Å². The molecule has 3 rings (SSSR count). The first-order chi connectivity index (χ1) is 10.6. The summed E-state index contributed by atoms with van der Waals surface area (Å²) in [4.78, 5) is 24.1. The van der Waals surface area contributed by atoms with Crippen LogP contribution in [-0.2, 0) is 6.54 Å². The number of hydrogen-bond acceptors (Lipinski definition) is 2. The summed E-state index contributed by atoms with van der Waals surface area (Å²) < 4.78 is 1.31. The van der Waals surface area contributed by atoms with E-state index in [2.05, 4.69) is 0 Å². The lowest BCUT2D eigenvalue weighted by molar-refractivity contribution is 0.0684. The molecule has 0 aliphatic carbocycles. The van der Waals surface area contributed by atoms with Gasteiger partial charge >= 0.3 is 5.97 Å². The molecule has 0 spiro atoms. The van der Waals surface area contributed by atoms with Crippen molar-refractivity contribution >= 4 is 16.7 Å². The van der Waals surface area contributed by atoms with Gasteiger partial charge < -0.3 is 5.11 Å². The molecule has 1 aromatic heterocycles. The SMILES string of the molecule is Cc1ccc(Cn2c(C(=O)O)cc3ccccc3c2=O)cc1. The number of aryl methyl sites for hydroxylation is 1. The lowest BCUT2D eigenvalue weighted by Gasteiger charge is -2.12. The maximum absolute atomic E-state index is 12.6. The Hall–Kier alpha value is -2.88. The first-order valence-electron chi connectivity index (χ1n) is 6.97. The van der Waals surface area contributed by atoms with E-state index in [-0.39, 0.29) is 17.8 Å². The minimum atomic E-state index is -1.10. The topological polar surface area (TPSA) is 59.3 Å². The molecule has 1 heterocycles. The van der Waals surface area contributed by atoms with Crippen LogP contribution in [0.2, 0.25) is 0 Å². The fraction of sp³-hybridized carbons (Fsp3) is 0.111. The third kappa shape index (κ3) is 2.51. The van der Waals surface area contributed by atoms with Crippen LogP contribution in [0.3, 0.4) is 0 Å². The van der Waals surface area contributed by atoms with E-state index in [0.29, 0.717) is 10.8 Å². The van der Waals surface area contributed by atoms with Crippen molar-refractivity contribution in [2.45, 2.75) is 13.5 Å².